The van der Waals surface area contributed by atoms with E-state index < -0.39 is 0 Å². The van der Waals surface area contributed by atoms with Gasteiger partial charge in [-0.2, -0.15) is 0 Å². The third-order valence-corrected chi connectivity index (χ3v) is 2.47. The molecular formula is C12H24N2O3. The summed E-state index contributed by atoms with van der Waals surface area (Å²) in [6.07, 6.45) is 1.76. The summed E-state index contributed by atoms with van der Waals surface area (Å²) < 4.78 is 10.6. The van der Waals surface area contributed by atoms with Gasteiger partial charge >= 0.3 is 6.03 Å². The van der Waals surface area contributed by atoms with E-state index in [4.69, 9.17) is 9.47 Å². The maximum atomic E-state index is 11.4. The number of ether oxygens (including phenoxy) is 2. The average molecular weight is 244 g/mol. The van der Waals surface area contributed by atoms with E-state index in [1.165, 1.54) is 0 Å². The Morgan fingerprint density at radius 3 is 3.00 bits per heavy atom. The van der Waals surface area contributed by atoms with Crippen LogP contribution in [0.4, 0.5) is 4.79 Å². The molecule has 0 aliphatic carbocycles. The van der Waals surface area contributed by atoms with Gasteiger partial charge < -0.3 is 20.1 Å². The molecule has 5 heteroatoms. The van der Waals surface area contributed by atoms with E-state index in [1.54, 1.807) is 0 Å². The molecule has 1 fully saturated rings. The number of rotatable bonds is 7. The molecular weight excluding hydrogens is 220 g/mol. The summed E-state index contributed by atoms with van der Waals surface area (Å²) >= 11 is 0. The summed E-state index contributed by atoms with van der Waals surface area (Å²) in [4.78, 5) is 11.4. The lowest BCUT2D eigenvalue weighted by atomic mass is 10.2. The van der Waals surface area contributed by atoms with E-state index in [0.29, 0.717) is 25.7 Å². The molecule has 1 aliphatic heterocycles. The molecule has 0 bridgehead atoms. The monoisotopic (exact) mass is 244 g/mol. The quantitative estimate of drug-likeness (QED) is 0.660. The Morgan fingerprint density at radius 1 is 1.53 bits per heavy atom. The van der Waals surface area contributed by atoms with Crippen molar-refractivity contribution in [3.8, 4) is 0 Å². The van der Waals surface area contributed by atoms with Gasteiger partial charge in [-0.05, 0) is 18.8 Å². The summed E-state index contributed by atoms with van der Waals surface area (Å²) in [6.45, 7) is 7.75. The molecule has 0 saturated carbocycles. The van der Waals surface area contributed by atoms with Crippen LogP contribution in [0.3, 0.4) is 0 Å². The van der Waals surface area contributed by atoms with Gasteiger partial charge in [0.1, 0.15) is 0 Å². The average Bonchev–Trinajstić information content (AvgIpc) is 2.75. The van der Waals surface area contributed by atoms with Crippen molar-refractivity contribution in [2.45, 2.75) is 32.7 Å². The fourth-order valence-electron chi connectivity index (χ4n) is 1.58. The van der Waals surface area contributed by atoms with E-state index in [9.17, 15) is 4.79 Å². The maximum Gasteiger partial charge on any atom is 0.315 e. The molecule has 1 aliphatic rings. The summed E-state index contributed by atoms with van der Waals surface area (Å²) in [5.74, 6) is 0.564. The second-order valence-corrected chi connectivity index (χ2v) is 4.78. The molecule has 0 aromatic heterocycles. The molecule has 1 rings (SSSR count). The molecule has 0 aromatic rings. The van der Waals surface area contributed by atoms with Crippen LogP contribution < -0.4 is 10.6 Å². The zero-order valence-corrected chi connectivity index (χ0v) is 10.8. The first-order valence-electron chi connectivity index (χ1n) is 6.38. The second kappa shape index (κ2) is 8.31. The number of carbonyl (C=O) groups excluding carboxylic acids is 1. The Labute approximate surface area is 103 Å². The number of carbonyl (C=O) groups is 1. The maximum absolute atomic E-state index is 11.4. The fourth-order valence-corrected chi connectivity index (χ4v) is 1.58. The largest absolute Gasteiger partial charge is 0.381 e. The lowest BCUT2D eigenvalue weighted by Gasteiger charge is -2.12. The van der Waals surface area contributed by atoms with Gasteiger partial charge in [0, 0.05) is 26.4 Å². The second-order valence-electron chi connectivity index (χ2n) is 4.78. The minimum atomic E-state index is -0.107. The van der Waals surface area contributed by atoms with Crippen LogP contribution in [0.5, 0.6) is 0 Å². The van der Waals surface area contributed by atoms with Crippen LogP contribution in [-0.4, -0.2) is 45.0 Å². The van der Waals surface area contributed by atoms with Crippen molar-refractivity contribution in [3.63, 3.8) is 0 Å². The Morgan fingerprint density at radius 2 is 2.35 bits per heavy atom. The van der Waals surface area contributed by atoms with Crippen LogP contribution in [0.1, 0.15) is 26.7 Å². The van der Waals surface area contributed by atoms with Crippen molar-refractivity contribution in [3.05, 3.63) is 0 Å². The van der Waals surface area contributed by atoms with Gasteiger partial charge in [-0.15, -0.1) is 0 Å². The molecule has 0 radical (unpaired) electrons. The standard InChI is InChI=1S/C12H24N2O3/c1-10(2)8-16-6-3-5-13-12(15)14-11-4-7-17-9-11/h10-11H,3-9H2,1-2H3,(H2,13,14,15). The molecule has 1 saturated heterocycles. The Hall–Kier alpha value is -0.810. The normalized spacial score (nSPS) is 19.6. The third-order valence-electron chi connectivity index (χ3n) is 2.47. The van der Waals surface area contributed by atoms with Gasteiger partial charge in [0.2, 0.25) is 0 Å². The molecule has 2 amide bonds. The number of amides is 2. The number of nitrogens with one attached hydrogen (secondary N) is 2. The molecule has 5 nitrogen and oxygen atoms in total. The molecule has 1 atom stereocenters. The highest BCUT2D eigenvalue weighted by molar-refractivity contribution is 5.74. The van der Waals surface area contributed by atoms with Crippen molar-refractivity contribution >= 4 is 6.03 Å². The minimum Gasteiger partial charge on any atom is -0.381 e. The summed E-state index contributed by atoms with van der Waals surface area (Å²) in [5.41, 5.74) is 0. The first-order valence-corrected chi connectivity index (χ1v) is 6.38. The first-order chi connectivity index (χ1) is 8.18. The number of hydrogen-bond donors (Lipinski definition) is 2. The lowest BCUT2D eigenvalue weighted by Crippen LogP contribution is -2.42. The van der Waals surface area contributed by atoms with Crippen molar-refractivity contribution < 1.29 is 14.3 Å². The highest BCUT2D eigenvalue weighted by Gasteiger charge is 2.16. The van der Waals surface area contributed by atoms with Crippen LogP contribution in [-0.2, 0) is 9.47 Å². The molecule has 17 heavy (non-hydrogen) atoms. The smallest absolute Gasteiger partial charge is 0.315 e. The Balaban J connectivity index is 1.89. The van der Waals surface area contributed by atoms with Crippen molar-refractivity contribution in [1.82, 2.24) is 10.6 Å². The van der Waals surface area contributed by atoms with Gasteiger partial charge in [-0.1, -0.05) is 13.8 Å². The molecule has 2 N–H and O–H groups in total. The van der Waals surface area contributed by atoms with E-state index in [1.807, 2.05) is 0 Å². The van der Waals surface area contributed by atoms with Crippen LogP contribution in [0.15, 0.2) is 0 Å². The van der Waals surface area contributed by atoms with Gasteiger partial charge in [0.25, 0.3) is 0 Å². The van der Waals surface area contributed by atoms with E-state index in [0.717, 1.165) is 26.1 Å². The van der Waals surface area contributed by atoms with Crippen LogP contribution >= 0.6 is 0 Å². The van der Waals surface area contributed by atoms with Gasteiger partial charge in [-0.3, -0.25) is 0 Å². The van der Waals surface area contributed by atoms with Crippen LogP contribution in [0.2, 0.25) is 0 Å². The van der Waals surface area contributed by atoms with Gasteiger partial charge in [-0.25, -0.2) is 4.79 Å². The molecule has 0 spiro atoms. The van der Waals surface area contributed by atoms with E-state index in [2.05, 4.69) is 24.5 Å². The highest BCUT2D eigenvalue weighted by atomic mass is 16.5. The molecule has 0 aromatic carbocycles. The summed E-state index contributed by atoms with van der Waals surface area (Å²) in [6, 6.07) is 0.0663. The van der Waals surface area contributed by atoms with E-state index in [-0.39, 0.29) is 12.1 Å². The topological polar surface area (TPSA) is 59.6 Å². The SMILES string of the molecule is CC(C)COCCCNC(=O)NC1CCOC1. The van der Waals surface area contributed by atoms with Crippen molar-refractivity contribution in [2.75, 3.05) is 33.0 Å². The summed E-state index contributed by atoms with van der Waals surface area (Å²) in [7, 11) is 0. The Bertz CT molecular complexity index is 216. The molecule has 1 heterocycles. The highest BCUT2D eigenvalue weighted by Crippen LogP contribution is 2.02. The van der Waals surface area contributed by atoms with Crippen molar-refractivity contribution in [1.29, 1.82) is 0 Å². The predicted octanol–water partition coefficient (Wildman–Crippen LogP) is 1.14. The summed E-state index contributed by atoms with van der Waals surface area (Å²) in [5, 5.41) is 5.68. The van der Waals surface area contributed by atoms with Gasteiger partial charge in [0.15, 0.2) is 0 Å². The number of urea groups is 1. The zero-order valence-electron chi connectivity index (χ0n) is 10.8. The van der Waals surface area contributed by atoms with E-state index >= 15 is 0 Å². The fraction of sp³-hybridized carbons (Fsp3) is 0.917. The third kappa shape index (κ3) is 7.18. The zero-order chi connectivity index (χ0) is 12.5. The van der Waals surface area contributed by atoms with Crippen LogP contribution in [0.25, 0.3) is 0 Å². The predicted molar refractivity (Wildman–Crippen MR) is 66.0 cm³/mol. The lowest BCUT2D eigenvalue weighted by molar-refractivity contribution is 0.108. The van der Waals surface area contributed by atoms with Crippen LogP contribution in [0, 0.1) is 5.92 Å². The van der Waals surface area contributed by atoms with Gasteiger partial charge in [0.05, 0.1) is 12.6 Å². The van der Waals surface area contributed by atoms with Crippen molar-refractivity contribution in [2.24, 2.45) is 5.92 Å². The Kier molecular flexibility index (Phi) is 6.96. The number of hydrogen-bond acceptors (Lipinski definition) is 3. The minimum absolute atomic E-state index is 0.107. The molecule has 1 unspecified atom stereocenters. The first kappa shape index (κ1) is 14.3. The molecule has 100 valence electrons.